The number of amides is 1. The van der Waals surface area contributed by atoms with Crippen molar-refractivity contribution in [3.8, 4) is 28.4 Å². The normalized spacial score (nSPS) is 10.7. The van der Waals surface area contributed by atoms with Crippen LogP contribution in [-0.4, -0.2) is 39.8 Å². The number of nitrogens with one attached hydrogen (secondary N) is 1. The molecule has 1 heterocycles. The molecule has 0 spiro atoms. The maximum Gasteiger partial charge on any atom is 0.341 e. The third-order valence-corrected chi connectivity index (χ3v) is 5.64. The van der Waals surface area contributed by atoms with Gasteiger partial charge < -0.3 is 24.3 Å². The van der Waals surface area contributed by atoms with Crippen molar-refractivity contribution in [1.29, 1.82) is 0 Å². The predicted octanol–water partition coefficient (Wildman–Crippen LogP) is 5.27. The molecular weight excluding hydrogens is 442 g/mol. The number of benzene rings is 2. The first-order chi connectivity index (χ1) is 16.0. The van der Waals surface area contributed by atoms with Gasteiger partial charge in [0.2, 0.25) is 5.91 Å². The molecule has 7 nitrogen and oxygen atoms in total. The number of methoxy groups -OCH3 is 3. The smallest absolute Gasteiger partial charge is 0.341 e. The minimum atomic E-state index is -0.516. The van der Waals surface area contributed by atoms with Crippen LogP contribution in [0.15, 0.2) is 53.9 Å². The van der Waals surface area contributed by atoms with Gasteiger partial charge in [-0.3, -0.25) is 4.79 Å². The summed E-state index contributed by atoms with van der Waals surface area (Å²) in [6.45, 7) is 1.95. The van der Waals surface area contributed by atoms with Gasteiger partial charge in [-0.25, -0.2) is 4.79 Å². The van der Waals surface area contributed by atoms with Crippen LogP contribution in [0.4, 0.5) is 5.00 Å². The zero-order chi connectivity index (χ0) is 23.8. The monoisotopic (exact) mass is 467 g/mol. The average molecular weight is 468 g/mol. The Morgan fingerprint density at radius 3 is 2.33 bits per heavy atom. The van der Waals surface area contributed by atoms with Crippen LogP contribution in [0, 0.1) is 0 Å². The van der Waals surface area contributed by atoms with E-state index in [4.69, 9.17) is 18.9 Å². The first-order valence-corrected chi connectivity index (χ1v) is 11.0. The molecule has 1 aromatic heterocycles. The summed E-state index contributed by atoms with van der Waals surface area (Å²) in [6, 6.07) is 12.7. The molecule has 0 aliphatic carbocycles. The topological polar surface area (TPSA) is 83.1 Å². The Balaban J connectivity index is 1.89. The molecule has 2 aromatic carbocycles. The molecule has 33 heavy (non-hydrogen) atoms. The molecule has 0 aliphatic heterocycles. The number of carbonyl (C=O) groups excluding carboxylic acids is 2. The fourth-order valence-electron chi connectivity index (χ4n) is 3.11. The van der Waals surface area contributed by atoms with E-state index >= 15 is 0 Å². The van der Waals surface area contributed by atoms with Crippen LogP contribution in [0.2, 0.25) is 0 Å². The standard InChI is InChI=1S/C25H25NO6S/c1-5-32-25(28)23-19(17-9-12-20(30-3)21(14-17)31-4)15-33-24(23)26-22(27)13-8-16-6-10-18(29-2)11-7-16/h6-15H,5H2,1-4H3,(H,26,27)/b13-8+. The van der Waals surface area contributed by atoms with Crippen molar-refractivity contribution in [2.24, 2.45) is 0 Å². The minimum absolute atomic E-state index is 0.213. The highest BCUT2D eigenvalue weighted by Gasteiger charge is 2.23. The molecule has 3 rings (SSSR count). The zero-order valence-corrected chi connectivity index (χ0v) is 19.7. The summed E-state index contributed by atoms with van der Waals surface area (Å²) in [6.07, 6.45) is 3.09. The van der Waals surface area contributed by atoms with Crippen molar-refractivity contribution in [2.45, 2.75) is 6.92 Å². The minimum Gasteiger partial charge on any atom is -0.497 e. The lowest BCUT2D eigenvalue weighted by Gasteiger charge is -2.11. The van der Waals surface area contributed by atoms with Crippen LogP contribution < -0.4 is 19.5 Å². The van der Waals surface area contributed by atoms with Crippen molar-refractivity contribution in [2.75, 3.05) is 33.3 Å². The van der Waals surface area contributed by atoms with E-state index < -0.39 is 5.97 Å². The van der Waals surface area contributed by atoms with Gasteiger partial charge in [0, 0.05) is 17.0 Å². The van der Waals surface area contributed by atoms with Gasteiger partial charge in [0.05, 0.1) is 27.9 Å². The SMILES string of the molecule is CCOC(=O)c1c(-c2ccc(OC)c(OC)c2)csc1NC(=O)/C=C/c1ccc(OC)cc1. The first kappa shape index (κ1) is 23.9. The average Bonchev–Trinajstić information content (AvgIpc) is 3.26. The molecule has 0 atom stereocenters. The third-order valence-electron chi connectivity index (χ3n) is 4.74. The maximum absolute atomic E-state index is 12.8. The van der Waals surface area contributed by atoms with Crippen LogP contribution in [0.25, 0.3) is 17.2 Å². The number of carbonyl (C=O) groups is 2. The van der Waals surface area contributed by atoms with Crippen molar-refractivity contribution in [3.05, 3.63) is 65.0 Å². The highest BCUT2D eigenvalue weighted by atomic mass is 32.1. The van der Waals surface area contributed by atoms with Gasteiger partial charge in [0.15, 0.2) is 11.5 Å². The Labute approximate surface area is 196 Å². The number of thiophene rings is 1. The lowest BCUT2D eigenvalue weighted by Crippen LogP contribution is -2.12. The molecular formula is C25H25NO6S. The number of anilines is 1. The van der Waals surface area contributed by atoms with Crippen LogP contribution >= 0.6 is 11.3 Å². The van der Waals surface area contributed by atoms with Gasteiger partial charge in [-0.1, -0.05) is 18.2 Å². The Kier molecular flexibility index (Phi) is 8.10. The highest BCUT2D eigenvalue weighted by Crippen LogP contribution is 2.39. The van der Waals surface area contributed by atoms with Crippen molar-refractivity contribution in [1.82, 2.24) is 0 Å². The molecule has 0 aliphatic rings. The molecule has 0 fully saturated rings. The number of rotatable bonds is 9. The van der Waals surface area contributed by atoms with E-state index in [2.05, 4.69) is 5.32 Å². The number of hydrogen-bond acceptors (Lipinski definition) is 7. The van der Waals surface area contributed by atoms with Crippen molar-refractivity contribution >= 4 is 34.3 Å². The van der Waals surface area contributed by atoms with Crippen molar-refractivity contribution < 1.29 is 28.5 Å². The van der Waals surface area contributed by atoms with E-state index in [9.17, 15) is 9.59 Å². The zero-order valence-electron chi connectivity index (χ0n) is 18.8. The fourth-order valence-corrected chi connectivity index (χ4v) is 4.07. The summed E-state index contributed by atoms with van der Waals surface area (Å²) in [5.74, 6) is 0.961. The first-order valence-electron chi connectivity index (χ1n) is 10.1. The van der Waals surface area contributed by atoms with Gasteiger partial charge in [-0.05, 0) is 48.4 Å². The summed E-state index contributed by atoms with van der Waals surface area (Å²) >= 11 is 1.25. The number of ether oxygens (including phenoxy) is 4. The molecule has 3 aromatic rings. The molecule has 1 amide bonds. The molecule has 0 bridgehead atoms. The van der Waals surface area contributed by atoms with Gasteiger partial charge in [0.25, 0.3) is 0 Å². The molecule has 8 heteroatoms. The quantitative estimate of drug-likeness (QED) is 0.341. The predicted molar refractivity (Wildman–Crippen MR) is 129 cm³/mol. The molecule has 0 saturated heterocycles. The van der Waals surface area contributed by atoms with Crippen LogP contribution in [0.5, 0.6) is 17.2 Å². The molecule has 0 saturated carbocycles. The molecule has 1 N–H and O–H groups in total. The third kappa shape index (κ3) is 5.72. The second-order valence-electron chi connectivity index (χ2n) is 6.74. The van der Waals surface area contributed by atoms with Crippen LogP contribution in [0.3, 0.4) is 0 Å². The number of esters is 1. The van der Waals surface area contributed by atoms with E-state index in [1.807, 2.05) is 30.3 Å². The Morgan fingerprint density at radius 2 is 1.70 bits per heavy atom. The molecule has 0 radical (unpaired) electrons. The fraction of sp³-hybridized carbons (Fsp3) is 0.200. The van der Waals surface area contributed by atoms with Crippen LogP contribution in [0.1, 0.15) is 22.8 Å². The van der Waals surface area contributed by atoms with Crippen LogP contribution in [-0.2, 0) is 9.53 Å². The summed E-state index contributed by atoms with van der Waals surface area (Å²) in [4.78, 5) is 25.3. The second kappa shape index (κ2) is 11.2. The summed E-state index contributed by atoms with van der Waals surface area (Å²) < 4.78 is 21.1. The van der Waals surface area contributed by atoms with Crippen molar-refractivity contribution in [3.63, 3.8) is 0 Å². The maximum atomic E-state index is 12.8. The largest absolute Gasteiger partial charge is 0.497 e. The van der Waals surface area contributed by atoms with Gasteiger partial charge in [0.1, 0.15) is 16.3 Å². The Hall–Kier alpha value is -3.78. The van der Waals surface area contributed by atoms with E-state index in [0.717, 1.165) is 16.9 Å². The van der Waals surface area contributed by atoms with E-state index in [1.165, 1.54) is 17.4 Å². The highest BCUT2D eigenvalue weighted by molar-refractivity contribution is 7.15. The Bertz CT molecular complexity index is 1150. The summed E-state index contributed by atoms with van der Waals surface area (Å²) in [7, 11) is 4.69. The van der Waals surface area contributed by atoms with E-state index in [-0.39, 0.29) is 12.5 Å². The lowest BCUT2D eigenvalue weighted by atomic mass is 10.0. The van der Waals surface area contributed by atoms with Gasteiger partial charge in [-0.2, -0.15) is 0 Å². The Morgan fingerprint density at radius 1 is 0.970 bits per heavy atom. The second-order valence-corrected chi connectivity index (χ2v) is 7.62. The molecule has 172 valence electrons. The van der Waals surface area contributed by atoms with E-state index in [0.29, 0.717) is 27.6 Å². The molecule has 0 unspecified atom stereocenters. The summed E-state index contributed by atoms with van der Waals surface area (Å²) in [5.41, 5.74) is 2.50. The van der Waals surface area contributed by atoms with Gasteiger partial charge >= 0.3 is 5.97 Å². The van der Waals surface area contributed by atoms with E-state index in [1.54, 1.807) is 51.8 Å². The van der Waals surface area contributed by atoms with Gasteiger partial charge in [-0.15, -0.1) is 11.3 Å². The number of hydrogen-bond donors (Lipinski definition) is 1. The lowest BCUT2D eigenvalue weighted by molar-refractivity contribution is -0.111. The summed E-state index contributed by atoms with van der Waals surface area (Å²) in [5, 5.41) is 5.00.